The summed E-state index contributed by atoms with van der Waals surface area (Å²) in [6, 6.07) is 21.7. The Morgan fingerprint density at radius 3 is 2.32 bits per heavy atom. The zero-order valence-corrected chi connectivity index (χ0v) is 21.6. The van der Waals surface area contributed by atoms with Gasteiger partial charge in [0.25, 0.3) is 5.91 Å². The normalized spacial score (nSPS) is 10.9. The van der Waals surface area contributed by atoms with Gasteiger partial charge in [0.1, 0.15) is 6.61 Å². The van der Waals surface area contributed by atoms with Crippen LogP contribution in [0.1, 0.15) is 43.2 Å². The average molecular weight is 519 g/mol. The molecule has 0 heterocycles. The smallest absolute Gasteiger partial charge is 0.411 e. The number of unbranched alkanes of at least 4 members (excludes halogenated alkanes) is 4. The zero-order chi connectivity index (χ0) is 27.2. The summed E-state index contributed by atoms with van der Waals surface area (Å²) in [5.41, 5.74) is 2.86. The lowest BCUT2D eigenvalue weighted by atomic mass is 10.0. The highest BCUT2D eigenvalue weighted by molar-refractivity contribution is 6.00. The van der Waals surface area contributed by atoms with Gasteiger partial charge in [-0.2, -0.15) is 0 Å². The van der Waals surface area contributed by atoms with Crippen LogP contribution in [0.15, 0.2) is 78.9 Å². The van der Waals surface area contributed by atoms with Gasteiger partial charge >= 0.3 is 12.1 Å². The Hall–Kier alpha value is -4.17. The number of fused-ring (bicyclic) bond motifs is 1. The van der Waals surface area contributed by atoms with Crippen LogP contribution >= 0.6 is 0 Å². The van der Waals surface area contributed by atoms with E-state index < -0.39 is 18.0 Å². The quantitative estimate of drug-likeness (QED) is 0.0941. The van der Waals surface area contributed by atoms with Crippen LogP contribution in [-0.4, -0.2) is 41.9 Å². The average Bonchev–Trinajstić information content (AvgIpc) is 2.94. The number of rotatable bonds is 13. The largest absolute Gasteiger partial charge is 0.466 e. The van der Waals surface area contributed by atoms with Crippen LogP contribution in [-0.2, 0) is 32.1 Å². The molecule has 0 aliphatic heterocycles. The van der Waals surface area contributed by atoms with Crippen molar-refractivity contribution in [1.82, 2.24) is 5.06 Å². The van der Waals surface area contributed by atoms with Crippen LogP contribution in [0.4, 0.5) is 10.5 Å². The predicted octanol–water partition coefficient (Wildman–Crippen LogP) is 6.03. The first kappa shape index (κ1) is 28.4. The molecule has 0 saturated heterocycles. The summed E-state index contributed by atoms with van der Waals surface area (Å²) in [7, 11) is 1.22. The summed E-state index contributed by atoms with van der Waals surface area (Å²) in [6.07, 6.45) is 7.08. The molecule has 3 aromatic rings. The molecule has 0 bridgehead atoms. The summed E-state index contributed by atoms with van der Waals surface area (Å²) in [4.78, 5) is 34.9. The van der Waals surface area contributed by atoms with E-state index in [-0.39, 0.29) is 13.2 Å². The summed E-state index contributed by atoms with van der Waals surface area (Å²) in [6.45, 7) is 0.410. The van der Waals surface area contributed by atoms with Gasteiger partial charge in [-0.3, -0.25) is 15.3 Å². The highest BCUT2D eigenvalue weighted by Gasteiger charge is 2.08. The van der Waals surface area contributed by atoms with Gasteiger partial charge in [-0.1, -0.05) is 79.9 Å². The number of hydroxylamine groups is 2. The fourth-order valence-corrected chi connectivity index (χ4v) is 3.96. The number of carbonyl (C=O) groups excluding carboxylic acids is 3. The molecular weight excluding hydrogens is 484 g/mol. The molecule has 0 saturated carbocycles. The lowest BCUT2D eigenvalue weighted by Crippen LogP contribution is -2.26. The van der Waals surface area contributed by atoms with Crippen molar-refractivity contribution in [3.8, 4) is 0 Å². The third-order valence-electron chi connectivity index (χ3n) is 6.07. The first-order valence-electron chi connectivity index (χ1n) is 12.7. The minimum atomic E-state index is -0.644. The molecule has 3 aromatic carbocycles. The minimum absolute atomic E-state index is 0.194. The van der Waals surface area contributed by atoms with E-state index in [1.165, 1.54) is 12.7 Å². The van der Waals surface area contributed by atoms with E-state index >= 15 is 0 Å². The molecule has 0 atom stereocenters. The molecule has 200 valence electrons. The van der Waals surface area contributed by atoms with E-state index in [1.807, 2.05) is 54.6 Å². The number of nitrogens with zero attached hydrogens (tertiary/aromatic N) is 1. The lowest BCUT2D eigenvalue weighted by molar-refractivity contribution is -0.159. The standard InChI is InChI=1S/C30H34N2O6/c1-37-29(34)20-19-28(33)32(36)21-8-4-2-3-5-10-23-15-17-24(18-16-23)22-38-30(35)31-27-14-9-12-25-11-6-7-13-26(25)27/h6-7,9,11-20,36H,2-5,8,10,21-22H2,1H3,(H,31,35)/b20-19+. The number of methoxy groups -OCH3 is 1. The Morgan fingerprint density at radius 1 is 0.842 bits per heavy atom. The van der Waals surface area contributed by atoms with Gasteiger partial charge in [0.2, 0.25) is 0 Å². The molecule has 8 nitrogen and oxygen atoms in total. The van der Waals surface area contributed by atoms with E-state index in [1.54, 1.807) is 0 Å². The number of hydrogen-bond acceptors (Lipinski definition) is 6. The molecule has 0 unspecified atom stereocenters. The van der Waals surface area contributed by atoms with Gasteiger partial charge in [0, 0.05) is 24.1 Å². The van der Waals surface area contributed by atoms with Crippen molar-refractivity contribution >= 4 is 34.4 Å². The minimum Gasteiger partial charge on any atom is -0.466 e. The van der Waals surface area contributed by atoms with E-state index in [4.69, 9.17) is 4.74 Å². The SMILES string of the molecule is COC(=O)/C=C/C(=O)N(O)CCCCCCCc1ccc(COC(=O)Nc2cccc3ccccc23)cc1. The van der Waals surface area contributed by atoms with Crippen molar-refractivity contribution < 1.29 is 29.1 Å². The molecule has 2 amide bonds. The number of aryl methyl sites for hydroxylation is 1. The molecule has 3 rings (SSSR count). The second-order valence-corrected chi connectivity index (χ2v) is 8.88. The maximum Gasteiger partial charge on any atom is 0.411 e. The number of amides is 2. The van der Waals surface area contributed by atoms with Crippen molar-refractivity contribution in [1.29, 1.82) is 0 Å². The Bertz CT molecular complexity index is 1230. The summed E-state index contributed by atoms with van der Waals surface area (Å²) < 4.78 is 9.81. The van der Waals surface area contributed by atoms with Gasteiger partial charge in [-0.05, 0) is 41.8 Å². The van der Waals surface area contributed by atoms with Gasteiger partial charge in [0.05, 0.1) is 12.8 Å². The van der Waals surface area contributed by atoms with Gasteiger partial charge in [-0.25, -0.2) is 14.7 Å². The van der Waals surface area contributed by atoms with Crippen LogP contribution < -0.4 is 5.32 Å². The Balaban J connectivity index is 1.28. The van der Waals surface area contributed by atoms with Crippen LogP contribution in [0.5, 0.6) is 0 Å². The molecule has 8 heteroatoms. The Kier molecular flexibility index (Phi) is 11.3. The summed E-state index contributed by atoms with van der Waals surface area (Å²) in [5, 5.41) is 15.1. The third-order valence-corrected chi connectivity index (χ3v) is 6.07. The first-order chi connectivity index (χ1) is 18.5. The first-order valence-corrected chi connectivity index (χ1v) is 12.7. The topological polar surface area (TPSA) is 105 Å². The highest BCUT2D eigenvalue weighted by atomic mass is 16.5. The monoisotopic (exact) mass is 518 g/mol. The zero-order valence-electron chi connectivity index (χ0n) is 21.6. The molecule has 0 spiro atoms. The molecule has 0 aliphatic rings. The number of esters is 1. The molecule has 0 fully saturated rings. The molecular formula is C30H34N2O6. The molecule has 2 N–H and O–H groups in total. The van der Waals surface area contributed by atoms with Crippen LogP contribution in [0.3, 0.4) is 0 Å². The number of ether oxygens (including phenoxy) is 2. The molecule has 38 heavy (non-hydrogen) atoms. The Labute approximate surface area is 222 Å². The summed E-state index contributed by atoms with van der Waals surface area (Å²) in [5.74, 6) is -1.29. The number of anilines is 1. The molecule has 0 radical (unpaired) electrons. The van der Waals surface area contributed by atoms with Crippen molar-refractivity contribution in [2.45, 2.75) is 45.1 Å². The van der Waals surface area contributed by atoms with Crippen molar-refractivity contribution in [2.24, 2.45) is 0 Å². The fourth-order valence-electron chi connectivity index (χ4n) is 3.96. The predicted molar refractivity (Wildman–Crippen MR) is 146 cm³/mol. The molecule has 0 aromatic heterocycles. The number of carbonyl (C=O) groups is 3. The van der Waals surface area contributed by atoms with Gasteiger partial charge in [0.15, 0.2) is 0 Å². The van der Waals surface area contributed by atoms with Crippen LogP contribution in [0, 0.1) is 0 Å². The number of benzene rings is 3. The molecule has 0 aliphatic carbocycles. The van der Waals surface area contributed by atoms with E-state index in [0.717, 1.165) is 66.3 Å². The third kappa shape index (κ3) is 9.37. The van der Waals surface area contributed by atoms with Crippen molar-refractivity contribution in [2.75, 3.05) is 19.0 Å². The number of hydrogen-bond donors (Lipinski definition) is 2. The fraction of sp³-hybridized carbons (Fsp3) is 0.300. The van der Waals surface area contributed by atoms with Gasteiger partial charge < -0.3 is 9.47 Å². The van der Waals surface area contributed by atoms with E-state index in [0.29, 0.717) is 11.5 Å². The highest BCUT2D eigenvalue weighted by Crippen LogP contribution is 2.23. The second kappa shape index (κ2) is 15.2. The summed E-state index contributed by atoms with van der Waals surface area (Å²) >= 11 is 0. The Morgan fingerprint density at radius 2 is 1.53 bits per heavy atom. The van der Waals surface area contributed by atoms with Gasteiger partial charge in [-0.15, -0.1) is 0 Å². The second-order valence-electron chi connectivity index (χ2n) is 8.88. The van der Waals surface area contributed by atoms with Crippen molar-refractivity contribution in [3.63, 3.8) is 0 Å². The van der Waals surface area contributed by atoms with Crippen LogP contribution in [0.25, 0.3) is 10.8 Å². The van der Waals surface area contributed by atoms with E-state index in [2.05, 4.69) is 22.2 Å². The van der Waals surface area contributed by atoms with Crippen LogP contribution in [0.2, 0.25) is 0 Å². The number of nitrogens with one attached hydrogen (secondary N) is 1. The lowest BCUT2D eigenvalue weighted by Gasteiger charge is -2.12. The maximum atomic E-state index is 12.3. The van der Waals surface area contributed by atoms with Crippen molar-refractivity contribution in [3.05, 3.63) is 90.0 Å². The van der Waals surface area contributed by atoms with E-state index in [9.17, 15) is 19.6 Å². The maximum absolute atomic E-state index is 12.3.